The van der Waals surface area contributed by atoms with Gasteiger partial charge in [0.05, 0.1) is 14.2 Å². The molecule has 0 aromatic heterocycles. The van der Waals surface area contributed by atoms with Crippen molar-refractivity contribution in [3.63, 3.8) is 0 Å². The lowest BCUT2D eigenvalue weighted by molar-refractivity contribution is 0.0679. The van der Waals surface area contributed by atoms with Crippen LogP contribution in [-0.4, -0.2) is 47.4 Å². The van der Waals surface area contributed by atoms with Crippen molar-refractivity contribution >= 4 is 17.9 Å². The first-order chi connectivity index (χ1) is 13.5. The van der Waals surface area contributed by atoms with E-state index in [1.165, 1.54) is 40.2 Å². The molecule has 0 saturated carbocycles. The standard InChI is InChI=1S/C20H20O9/c1-8-6-11(10(3)16(21)13(8)18(22)23)29-20(26)14-9(2)7-12(27-4)15(19(24)25)17(14)28-5/h6-7,21H,1-5H3,(H,22,23)(H,24,25). The van der Waals surface area contributed by atoms with Crippen molar-refractivity contribution in [2.45, 2.75) is 20.8 Å². The lowest BCUT2D eigenvalue weighted by Crippen LogP contribution is -2.16. The van der Waals surface area contributed by atoms with Gasteiger partial charge in [-0.15, -0.1) is 0 Å². The van der Waals surface area contributed by atoms with Gasteiger partial charge in [-0.2, -0.15) is 0 Å². The molecular weight excluding hydrogens is 384 g/mol. The van der Waals surface area contributed by atoms with Crippen LogP contribution in [0.4, 0.5) is 0 Å². The molecule has 0 unspecified atom stereocenters. The van der Waals surface area contributed by atoms with E-state index >= 15 is 0 Å². The van der Waals surface area contributed by atoms with Crippen LogP contribution >= 0.6 is 0 Å². The molecule has 2 rings (SSSR count). The Balaban J connectivity index is 2.62. The first kappa shape index (κ1) is 21.5. The number of aryl methyl sites for hydroxylation is 2. The van der Waals surface area contributed by atoms with E-state index in [2.05, 4.69) is 0 Å². The maximum Gasteiger partial charge on any atom is 0.347 e. The molecule has 0 aliphatic rings. The molecular formula is C20H20O9. The number of esters is 1. The van der Waals surface area contributed by atoms with Crippen molar-refractivity contribution in [1.29, 1.82) is 0 Å². The summed E-state index contributed by atoms with van der Waals surface area (Å²) in [6.07, 6.45) is 0. The topological polar surface area (TPSA) is 140 Å². The van der Waals surface area contributed by atoms with E-state index in [0.717, 1.165) is 0 Å². The van der Waals surface area contributed by atoms with E-state index in [4.69, 9.17) is 14.2 Å². The minimum absolute atomic E-state index is 0.0129. The molecule has 0 fully saturated rings. The van der Waals surface area contributed by atoms with Gasteiger partial charge >= 0.3 is 17.9 Å². The second-order valence-corrected chi connectivity index (χ2v) is 6.22. The molecule has 0 atom stereocenters. The summed E-state index contributed by atoms with van der Waals surface area (Å²) < 4.78 is 15.6. The van der Waals surface area contributed by atoms with Crippen molar-refractivity contribution in [3.8, 4) is 23.0 Å². The number of hydrogen-bond acceptors (Lipinski definition) is 7. The van der Waals surface area contributed by atoms with Gasteiger partial charge in [0, 0.05) is 5.56 Å². The van der Waals surface area contributed by atoms with Crippen molar-refractivity contribution in [1.82, 2.24) is 0 Å². The van der Waals surface area contributed by atoms with Crippen LogP contribution in [0.15, 0.2) is 12.1 Å². The normalized spacial score (nSPS) is 10.4. The summed E-state index contributed by atoms with van der Waals surface area (Å²) in [7, 11) is 2.50. The van der Waals surface area contributed by atoms with E-state index in [0.29, 0.717) is 5.56 Å². The SMILES string of the molecule is COc1cc(C)c(C(=O)Oc2cc(C)c(C(=O)O)c(O)c2C)c(OC)c1C(=O)O. The maximum absolute atomic E-state index is 12.8. The number of methoxy groups -OCH3 is 2. The minimum Gasteiger partial charge on any atom is -0.507 e. The largest absolute Gasteiger partial charge is 0.507 e. The van der Waals surface area contributed by atoms with Crippen molar-refractivity contribution in [2.75, 3.05) is 14.2 Å². The number of aromatic carboxylic acids is 2. The molecule has 0 spiro atoms. The molecule has 0 saturated heterocycles. The summed E-state index contributed by atoms with van der Waals surface area (Å²) in [6, 6.07) is 2.67. The van der Waals surface area contributed by atoms with Crippen LogP contribution in [0.3, 0.4) is 0 Å². The molecule has 29 heavy (non-hydrogen) atoms. The van der Waals surface area contributed by atoms with E-state index in [1.54, 1.807) is 6.92 Å². The Kier molecular flexibility index (Phi) is 6.01. The number of phenols is 1. The van der Waals surface area contributed by atoms with E-state index in [-0.39, 0.29) is 45.1 Å². The molecule has 0 aliphatic carbocycles. The lowest BCUT2D eigenvalue weighted by atomic mass is 10.0. The van der Waals surface area contributed by atoms with Crippen LogP contribution in [0.5, 0.6) is 23.0 Å². The van der Waals surface area contributed by atoms with Gasteiger partial charge < -0.3 is 29.5 Å². The number of rotatable bonds is 6. The van der Waals surface area contributed by atoms with Crippen LogP contribution in [0, 0.1) is 20.8 Å². The highest BCUT2D eigenvalue weighted by Gasteiger charge is 2.29. The zero-order valence-electron chi connectivity index (χ0n) is 16.4. The van der Waals surface area contributed by atoms with Crippen LogP contribution < -0.4 is 14.2 Å². The lowest BCUT2D eigenvalue weighted by Gasteiger charge is -2.17. The van der Waals surface area contributed by atoms with Gasteiger partial charge in [-0.1, -0.05) is 0 Å². The molecule has 0 amide bonds. The minimum atomic E-state index is -1.36. The molecule has 3 N–H and O–H groups in total. The van der Waals surface area contributed by atoms with Crippen molar-refractivity contribution in [3.05, 3.63) is 45.5 Å². The summed E-state index contributed by atoms with van der Waals surface area (Å²) in [5.74, 6) is -4.43. The molecule has 154 valence electrons. The Hall–Kier alpha value is -3.75. The summed E-state index contributed by atoms with van der Waals surface area (Å²) in [6.45, 7) is 4.39. The molecule has 2 aromatic rings. The second kappa shape index (κ2) is 8.09. The van der Waals surface area contributed by atoms with Gasteiger partial charge in [0.2, 0.25) is 0 Å². The third-order valence-electron chi connectivity index (χ3n) is 4.40. The fourth-order valence-corrected chi connectivity index (χ4v) is 2.97. The number of carbonyl (C=O) groups excluding carboxylic acids is 1. The number of carboxylic acid groups (broad SMARTS) is 2. The average molecular weight is 404 g/mol. The zero-order valence-corrected chi connectivity index (χ0v) is 16.4. The number of ether oxygens (including phenoxy) is 3. The first-order valence-electron chi connectivity index (χ1n) is 8.32. The molecule has 9 heteroatoms. The quantitative estimate of drug-likeness (QED) is 0.489. The number of aromatic hydroxyl groups is 1. The van der Waals surface area contributed by atoms with Gasteiger partial charge in [-0.3, -0.25) is 0 Å². The van der Waals surface area contributed by atoms with Crippen molar-refractivity contribution < 1.29 is 43.9 Å². The van der Waals surface area contributed by atoms with E-state index < -0.39 is 23.7 Å². The maximum atomic E-state index is 12.8. The predicted molar refractivity (Wildman–Crippen MR) is 101 cm³/mol. The fourth-order valence-electron chi connectivity index (χ4n) is 2.97. The summed E-state index contributed by atoms with van der Waals surface area (Å²) in [5, 5.41) is 28.9. The Labute approximate surface area is 166 Å². The van der Waals surface area contributed by atoms with E-state index in [1.807, 2.05) is 0 Å². The van der Waals surface area contributed by atoms with Crippen LogP contribution in [0.1, 0.15) is 47.8 Å². The smallest absolute Gasteiger partial charge is 0.347 e. The Morgan fingerprint density at radius 1 is 0.793 bits per heavy atom. The Bertz CT molecular complexity index is 1020. The van der Waals surface area contributed by atoms with Gasteiger partial charge in [0.15, 0.2) is 5.75 Å². The summed E-state index contributed by atoms with van der Waals surface area (Å²) >= 11 is 0. The predicted octanol–water partition coefficient (Wildman–Crippen LogP) is 2.95. The second-order valence-electron chi connectivity index (χ2n) is 6.22. The summed E-state index contributed by atoms with van der Waals surface area (Å²) in [4.78, 5) is 35.8. The van der Waals surface area contributed by atoms with Gasteiger partial charge in [0.25, 0.3) is 0 Å². The monoisotopic (exact) mass is 404 g/mol. The Morgan fingerprint density at radius 3 is 1.79 bits per heavy atom. The highest BCUT2D eigenvalue weighted by atomic mass is 16.5. The molecule has 0 radical (unpaired) electrons. The fraction of sp³-hybridized carbons (Fsp3) is 0.250. The van der Waals surface area contributed by atoms with Crippen LogP contribution in [0.25, 0.3) is 0 Å². The van der Waals surface area contributed by atoms with Crippen LogP contribution in [-0.2, 0) is 0 Å². The zero-order chi connectivity index (χ0) is 22.0. The molecule has 2 aromatic carbocycles. The number of carboxylic acids is 2. The van der Waals surface area contributed by atoms with Gasteiger partial charge in [0.1, 0.15) is 33.9 Å². The van der Waals surface area contributed by atoms with Gasteiger partial charge in [-0.05, 0) is 44.0 Å². The number of benzene rings is 2. The first-order valence-corrected chi connectivity index (χ1v) is 8.32. The highest BCUT2D eigenvalue weighted by molar-refractivity contribution is 6.03. The summed E-state index contributed by atoms with van der Waals surface area (Å²) in [5.41, 5.74) is -0.199. The van der Waals surface area contributed by atoms with E-state index in [9.17, 15) is 29.7 Å². The number of carbonyl (C=O) groups is 3. The highest BCUT2D eigenvalue weighted by Crippen LogP contribution is 2.37. The molecule has 0 bridgehead atoms. The molecule has 9 nitrogen and oxygen atoms in total. The van der Waals surface area contributed by atoms with Crippen molar-refractivity contribution in [2.24, 2.45) is 0 Å². The van der Waals surface area contributed by atoms with Crippen LogP contribution in [0.2, 0.25) is 0 Å². The molecule has 0 heterocycles. The third kappa shape index (κ3) is 3.79. The van der Waals surface area contributed by atoms with Gasteiger partial charge in [-0.25, -0.2) is 14.4 Å². The average Bonchev–Trinajstić information content (AvgIpc) is 2.63. The molecule has 0 aliphatic heterocycles. The Morgan fingerprint density at radius 2 is 1.31 bits per heavy atom. The number of hydrogen-bond donors (Lipinski definition) is 3. The third-order valence-corrected chi connectivity index (χ3v) is 4.40.